The van der Waals surface area contributed by atoms with E-state index in [-0.39, 0.29) is 18.0 Å². The van der Waals surface area contributed by atoms with Crippen LogP contribution >= 0.6 is 15.9 Å². The van der Waals surface area contributed by atoms with Gasteiger partial charge in [-0.05, 0) is 37.5 Å². The summed E-state index contributed by atoms with van der Waals surface area (Å²) in [4.78, 5) is 0. The normalized spacial score (nSPS) is 24.6. The summed E-state index contributed by atoms with van der Waals surface area (Å²) in [5.41, 5.74) is 0. The van der Waals surface area contributed by atoms with Gasteiger partial charge in [0.2, 0.25) is 0 Å². The molecular formula is C13H16BrFO2. The van der Waals surface area contributed by atoms with Gasteiger partial charge in [0.25, 0.3) is 0 Å². The third-order valence-corrected chi connectivity index (χ3v) is 3.59. The second-order valence-electron chi connectivity index (χ2n) is 4.34. The minimum atomic E-state index is -0.312. The topological polar surface area (TPSA) is 18.5 Å². The molecule has 1 aromatic carbocycles. The summed E-state index contributed by atoms with van der Waals surface area (Å²) in [5, 5.41) is 0. The monoisotopic (exact) mass is 302 g/mol. The van der Waals surface area contributed by atoms with Gasteiger partial charge in [-0.1, -0.05) is 15.9 Å². The second kappa shape index (κ2) is 5.83. The average Bonchev–Trinajstić information content (AvgIpc) is 2.34. The van der Waals surface area contributed by atoms with Crippen molar-refractivity contribution in [2.75, 3.05) is 7.11 Å². The fourth-order valence-electron chi connectivity index (χ4n) is 2.17. The van der Waals surface area contributed by atoms with E-state index in [0.29, 0.717) is 5.75 Å². The van der Waals surface area contributed by atoms with Gasteiger partial charge in [-0.3, -0.25) is 0 Å². The summed E-state index contributed by atoms with van der Waals surface area (Å²) in [6, 6.07) is 4.75. The van der Waals surface area contributed by atoms with Gasteiger partial charge in [0.15, 0.2) is 11.6 Å². The lowest BCUT2D eigenvalue weighted by Gasteiger charge is -2.28. The van der Waals surface area contributed by atoms with Gasteiger partial charge in [0, 0.05) is 18.0 Å². The molecule has 2 nitrogen and oxygen atoms in total. The highest BCUT2D eigenvalue weighted by atomic mass is 79.9. The van der Waals surface area contributed by atoms with Gasteiger partial charge < -0.3 is 9.47 Å². The number of benzene rings is 1. The molecule has 4 heteroatoms. The number of methoxy groups -OCH3 is 1. The van der Waals surface area contributed by atoms with Crippen LogP contribution in [0.15, 0.2) is 22.7 Å². The minimum absolute atomic E-state index is 0.0532. The maximum absolute atomic E-state index is 13.5. The van der Waals surface area contributed by atoms with Crippen LogP contribution in [0, 0.1) is 5.82 Å². The Hall–Kier alpha value is -0.610. The summed E-state index contributed by atoms with van der Waals surface area (Å²) in [6.45, 7) is 0. The molecule has 94 valence electrons. The highest BCUT2D eigenvalue weighted by Gasteiger charge is 2.23. The standard InChI is InChI=1S/C13H16BrFO2/c1-16-10-3-2-4-11(8-10)17-13-7-9(14)5-6-12(13)15/h5-7,10-11H,2-4,8H2,1H3. The molecule has 1 aliphatic rings. The first-order valence-electron chi connectivity index (χ1n) is 5.83. The van der Waals surface area contributed by atoms with Crippen molar-refractivity contribution >= 4 is 15.9 Å². The van der Waals surface area contributed by atoms with Crippen molar-refractivity contribution in [2.45, 2.75) is 37.9 Å². The predicted molar refractivity (Wildman–Crippen MR) is 67.8 cm³/mol. The molecule has 0 aliphatic heterocycles. The minimum Gasteiger partial charge on any atom is -0.487 e. The Morgan fingerprint density at radius 3 is 2.82 bits per heavy atom. The Balaban J connectivity index is 2.02. The smallest absolute Gasteiger partial charge is 0.165 e. The van der Waals surface area contributed by atoms with E-state index in [1.54, 1.807) is 19.2 Å². The van der Waals surface area contributed by atoms with Crippen LogP contribution in [0.3, 0.4) is 0 Å². The van der Waals surface area contributed by atoms with Crippen molar-refractivity contribution in [3.63, 3.8) is 0 Å². The maximum atomic E-state index is 13.5. The molecule has 0 spiro atoms. The van der Waals surface area contributed by atoms with Gasteiger partial charge in [0.05, 0.1) is 6.10 Å². The van der Waals surface area contributed by atoms with Crippen LogP contribution in [0.1, 0.15) is 25.7 Å². The van der Waals surface area contributed by atoms with Gasteiger partial charge in [-0.2, -0.15) is 0 Å². The first kappa shape index (κ1) is 12.8. The molecule has 2 unspecified atom stereocenters. The summed E-state index contributed by atoms with van der Waals surface area (Å²) in [7, 11) is 1.72. The fourth-order valence-corrected chi connectivity index (χ4v) is 2.51. The van der Waals surface area contributed by atoms with E-state index in [2.05, 4.69) is 15.9 Å². The van der Waals surface area contributed by atoms with Gasteiger partial charge in [-0.15, -0.1) is 0 Å². The molecule has 17 heavy (non-hydrogen) atoms. The third-order valence-electron chi connectivity index (χ3n) is 3.10. The molecule has 2 atom stereocenters. The van der Waals surface area contributed by atoms with Crippen LogP contribution in [0.2, 0.25) is 0 Å². The zero-order valence-electron chi connectivity index (χ0n) is 9.79. The molecule has 1 saturated carbocycles. The maximum Gasteiger partial charge on any atom is 0.165 e. The summed E-state index contributed by atoms with van der Waals surface area (Å²) in [5.74, 6) is 0.00821. The molecule has 1 aliphatic carbocycles. The van der Waals surface area contributed by atoms with Gasteiger partial charge in [0.1, 0.15) is 6.10 Å². The van der Waals surface area contributed by atoms with Crippen molar-refractivity contribution in [2.24, 2.45) is 0 Å². The molecule has 1 fully saturated rings. The molecule has 0 amide bonds. The Kier molecular flexibility index (Phi) is 4.40. The van der Waals surface area contributed by atoms with E-state index < -0.39 is 0 Å². The number of rotatable bonds is 3. The Morgan fingerprint density at radius 2 is 2.06 bits per heavy atom. The highest BCUT2D eigenvalue weighted by Crippen LogP contribution is 2.28. The van der Waals surface area contributed by atoms with E-state index in [4.69, 9.17) is 9.47 Å². The Morgan fingerprint density at radius 1 is 1.29 bits per heavy atom. The largest absolute Gasteiger partial charge is 0.487 e. The van der Waals surface area contributed by atoms with Crippen molar-refractivity contribution in [3.8, 4) is 5.75 Å². The number of halogens is 2. The Labute approximate surface area is 109 Å². The summed E-state index contributed by atoms with van der Waals surface area (Å²) < 4.78 is 25.4. The molecule has 0 bridgehead atoms. The first-order valence-corrected chi connectivity index (χ1v) is 6.63. The third kappa shape index (κ3) is 3.42. The first-order chi connectivity index (χ1) is 8.19. The van der Waals surface area contributed by atoms with E-state index in [9.17, 15) is 4.39 Å². The van der Waals surface area contributed by atoms with Crippen LogP contribution in [0.4, 0.5) is 4.39 Å². The fraction of sp³-hybridized carbons (Fsp3) is 0.538. The Bertz CT molecular complexity index is 384. The molecule has 0 saturated heterocycles. The molecule has 2 rings (SSSR count). The molecule has 1 aromatic rings. The van der Waals surface area contributed by atoms with Crippen molar-refractivity contribution in [1.29, 1.82) is 0 Å². The van der Waals surface area contributed by atoms with Crippen molar-refractivity contribution in [3.05, 3.63) is 28.5 Å². The lowest BCUT2D eigenvalue weighted by molar-refractivity contribution is 0.0197. The number of hydrogen-bond acceptors (Lipinski definition) is 2. The quantitative estimate of drug-likeness (QED) is 0.842. The van der Waals surface area contributed by atoms with Crippen LogP contribution in [0.5, 0.6) is 5.75 Å². The zero-order chi connectivity index (χ0) is 12.3. The lowest BCUT2D eigenvalue weighted by Crippen LogP contribution is -2.29. The van der Waals surface area contributed by atoms with E-state index in [1.807, 2.05) is 0 Å². The molecule has 0 N–H and O–H groups in total. The average molecular weight is 303 g/mol. The molecule has 0 heterocycles. The van der Waals surface area contributed by atoms with Crippen LogP contribution < -0.4 is 4.74 Å². The summed E-state index contributed by atoms with van der Waals surface area (Å²) in [6.07, 6.45) is 4.23. The van der Waals surface area contributed by atoms with Crippen LogP contribution in [-0.4, -0.2) is 19.3 Å². The van der Waals surface area contributed by atoms with E-state index in [1.165, 1.54) is 6.07 Å². The van der Waals surface area contributed by atoms with Crippen molar-refractivity contribution in [1.82, 2.24) is 0 Å². The van der Waals surface area contributed by atoms with E-state index >= 15 is 0 Å². The second-order valence-corrected chi connectivity index (χ2v) is 5.25. The zero-order valence-corrected chi connectivity index (χ0v) is 11.4. The lowest BCUT2D eigenvalue weighted by atomic mass is 9.95. The van der Waals surface area contributed by atoms with Crippen molar-refractivity contribution < 1.29 is 13.9 Å². The number of ether oxygens (including phenoxy) is 2. The van der Waals surface area contributed by atoms with Crippen LogP contribution in [-0.2, 0) is 4.74 Å². The van der Waals surface area contributed by atoms with Gasteiger partial charge >= 0.3 is 0 Å². The molecule has 0 radical (unpaired) electrons. The summed E-state index contributed by atoms with van der Waals surface area (Å²) >= 11 is 3.32. The highest BCUT2D eigenvalue weighted by molar-refractivity contribution is 9.10. The van der Waals surface area contributed by atoms with E-state index in [0.717, 1.165) is 30.2 Å². The van der Waals surface area contributed by atoms with Gasteiger partial charge in [-0.25, -0.2) is 4.39 Å². The van der Waals surface area contributed by atoms with Crippen LogP contribution in [0.25, 0.3) is 0 Å². The number of hydrogen-bond donors (Lipinski definition) is 0. The molecule has 0 aromatic heterocycles. The molecular weight excluding hydrogens is 287 g/mol. The SMILES string of the molecule is COC1CCCC(Oc2cc(Br)ccc2F)C1. The predicted octanol–water partition coefficient (Wildman–Crippen LogP) is 3.92.